The van der Waals surface area contributed by atoms with Crippen LogP contribution in [0.15, 0.2) is 24.3 Å². The summed E-state index contributed by atoms with van der Waals surface area (Å²) in [7, 11) is 0. The van der Waals surface area contributed by atoms with Gasteiger partial charge in [0.15, 0.2) is 0 Å². The summed E-state index contributed by atoms with van der Waals surface area (Å²) in [6, 6.07) is 7.89. The van der Waals surface area contributed by atoms with Gasteiger partial charge in [0, 0.05) is 12.3 Å². The largest absolute Gasteiger partial charge is 0.492 e. The van der Waals surface area contributed by atoms with Gasteiger partial charge in [0.2, 0.25) is 0 Å². The number of unbranched alkanes of at least 4 members (excludes halogenated alkanes) is 1. The fourth-order valence-electron chi connectivity index (χ4n) is 1.22. The molecule has 0 aromatic heterocycles. The highest BCUT2D eigenvalue weighted by Crippen LogP contribution is 2.16. The summed E-state index contributed by atoms with van der Waals surface area (Å²) < 4.78 is 5.61. The zero-order chi connectivity index (χ0) is 11.6. The van der Waals surface area contributed by atoms with Crippen molar-refractivity contribution in [3.8, 4) is 17.6 Å². The van der Waals surface area contributed by atoms with Crippen LogP contribution in [0.1, 0.15) is 31.7 Å². The van der Waals surface area contributed by atoms with Gasteiger partial charge in [0.25, 0.3) is 0 Å². The molecule has 0 saturated heterocycles. The van der Waals surface area contributed by atoms with E-state index >= 15 is 0 Å². The Morgan fingerprint density at radius 2 is 2.12 bits per heavy atom. The molecule has 0 N–H and O–H groups in total. The standard InChI is InChI=1S/C14H17ClO/c1-2-12-16-14-10-6-5-9-13(14)8-4-3-7-11-15/h5-6,9-10H,2-3,7,11-12H2,1H3. The van der Waals surface area contributed by atoms with Gasteiger partial charge in [-0.3, -0.25) is 0 Å². The predicted octanol–water partition coefficient (Wildman–Crippen LogP) is 3.85. The second-order valence-corrected chi connectivity index (χ2v) is 3.82. The molecule has 0 radical (unpaired) electrons. The van der Waals surface area contributed by atoms with Crippen molar-refractivity contribution in [1.29, 1.82) is 0 Å². The molecular weight excluding hydrogens is 220 g/mol. The lowest BCUT2D eigenvalue weighted by molar-refractivity contribution is 0.316. The SMILES string of the molecule is CCCOc1ccccc1C#CCCCCl. The summed E-state index contributed by atoms with van der Waals surface area (Å²) in [5.41, 5.74) is 0.963. The number of hydrogen-bond donors (Lipinski definition) is 0. The number of hydrogen-bond acceptors (Lipinski definition) is 1. The van der Waals surface area contributed by atoms with E-state index in [0.29, 0.717) is 5.88 Å². The first-order valence-electron chi connectivity index (χ1n) is 5.65. The molecule has 1 rings (SSSR count). The van der Waals surface area contributed by atoms with Gasteiger partial charge < -0.3 is 4.74 Å². The number of ether oxygens (including phenoxy) is 1. The molecule has 0 heterocycles. The van der Waals surface area contributed by atoms with Gasteiger partial charge in [-0.05, 0) is 25.0 Å². The highest BCUT2D eigenvalue weighted by Gasteiger charge is 1.98. The van der Waals surface area contributed by atoms with E-state index in [9.17, 15) is 0 Å². The van der Waals surface area contributed by atoms with E-state index in [-0.39, 0.29) is 0 Å². The van der Waals surface area contributed by atoms with E-state index in [1.165, 1.54) is 0 Å². The molecule has 0 aliphatic heterocycles. The predicted molar refractivity (Wildman–Crippen MR) is 69.1 cm³/mol. The minimum absolute atomic E-state index is 0.669. The van der Waals surface area contributed by atoms with Gasteiger partial charge in [-0.25, -0.2) is 0 Å². The Morgan fingerprint density at radius 3 is 2.88 bits per heavy atom. The van der Waals surface area contributed by atoms with Crippen LogP contribution in [-0.2, 0) is 0 Å². The lowest BCUT2D eigenvalue weighted by Crippen LogP contribution is -1.96. The van der Waals surface area contributed by atoms with Crippen molar-refractivity contribution < 1.29 is 4.74 Å². The zero-order valence-corrected chi connectivity index (χ0v) is 10.4. The smallest absolute Gasteiger partial charge is 0.134 e. The maximum atomic E-state index is 5.61. The highest BCUT2D eigenvalue weighted by atomic mass is 35.5. The Bertz CT molecular complexity index is 362. The molecule has 0 spiro atoms. The quantitative estimate of drug-likeness (QED) is 0.429. The summed E-state index contributed by atoms with van der Waals surface area (Å²) in [5, 5.41) is 0. The normalized spacial score (nSPS) is 9.38. The molecule has 16 heavy (non-hydrogen) atoms. The third kappa shape index (κ3) is 4.59. The summed E-state index contributed by atoms with van der Waals surface area (Å²) in [5.74, 6) is 7.78. The van der Waals surface area contributed by atoms with Crippen LogP contribution in [0.4, 0.5) is 0 Å². The van der Waals surface area contributed by atoms with Crippen molar-refractivity contribution in [3.05, 3.63) is 29.8 Å². The van der Waals surface area contributed by atoms with Crippen molar-refractivity contribution in [2.24, 2.45) is 0 Å². The van der Waals surface area contributed by atoms with Crippen LogP contribution in [0.5, 0.6) is 5.75 Å². The van der Waals surface area contributed by atoms with Crippen LogP contribution < -0.4 is 4.74 Å². The van der Waals surface area contributed by atoms with E-state index in [1.807, 2.05) is 24.3 Å². The molecule has 0 saturated carbocycles. The third-order valence-electron chi connectivity index (χ3n) is 2.01. The van der Waals surface area contributed by atoms with E-state index < -0.39 is 0 Å². The average molecular weight is 237 g/mol. The number of halogens is 1. The Morgan fingerprint density at radius 1 is 1.31 bits per heavy atom. The second-order valence-electron chi connectivity index (χ2n) is 3.44. The van der Waals surface area contributed by atoms with Crippen molar-refractivity contribution in [1.82, 2.24) is 0 Å². The van der Waals surface area contributed by atoms with Gasteiger partial charge in [-0.15, -0.1) is 11.6 Å². The van der Waals surface area contributed by atoms with Gasteiger partial charge in [-0.1, -0.05) is 30.9 Å². The first-order valence-corrected chi connectivity index (χ1v) is 6.18. The summed E-state index contributed by atoms with van der Waals surface area (Å²) in [6.45, 7) is 2.83. The molecule has 0 bridgehead atoms. The maximum absolute atomic E-state index is 5.61. The number of benzene rings is 1. The summed E-state index contributed by atoms with van der Waals surface area (Å²) >= 11 is 5.59. The van der Waals surface area contributed by atoms with Gasteiger partial charge >= 0.3 is 0 Å². The molecule has 0 aliphatic carbocycles. The lowest BCUT2D eigenvalue weighted by atomic mass is 10.2. The fraction of sp³-hybridized carbons (Fsp3) is 0.429. The molecule has 0 aliphatic rings. The molecule has 1 aromatic carbocycles. The fourth-order valence-corrected chi connectivity index (χ4v) is 1.35. The van der Waals surface area contributed by atoms with Crippen LogP contribution >= 0.6 is 11.6 Å². The van der Waals surface area contributed by atoms with Crippen LogP contribution in [0.25, 0.3) is 0 Å². The molecule has 1 nitrogen and oxygen atoms in total. The number of rotatable bonds is 5. The van der Waals surface area contributed by atoms with Crippen molar-refractivity contribution in [2.45, 2.75) is 26.2 Å². The minimum Gasteiger partial charge on any atom is -0.492 e. The van der Waals surface area contributed by atoms with Crippen LogP contribution in [0.2, 0.25) is 0 Å². The first kappa shape index (κ1) is 12.9. The van der Waals surface area contributed by atoms with Gasteiger partial charge in [-0.2, -0.15) is 0 Å². The van der Waals surface area contributed by atoms with E-state index in [1.54, 1.807) is 0 Å². The van der Waals surface area contributed by atoms with E-state index in [2.05, 4.69) is 18.8 Å². The molecular formula is C14H17ClO. The molecule has 86 valence electrons. The Kier molecular flexibility index (Phi) is 6.53. The minimum atomic E-state index is 0.669. The maximum Gasteiger partial charge on any atom is 0.134 e. The van der Waals surface area contributed by atoms with Crippen molar-refractivity contribution in [3.63, 3.8) is 0 Å². The molecule has 0 atom stereocenters. The van der Waals surface area contributed by atoms with Crippen LogP contribution in [0, 0.1) is 11.8 Å². The summed E-state index contributed by atoms with van der Waals surface area (Å²) in [4.78, 5) is 0. The third-order valence-corrected chi connectivity index (χ3v) is 2.27. The number of para-hydroxylation sites is 1. The summed E-state index contributed by atoms with van der Waals surface area (Å²) in [6.07, 6.45) is 2.78. The van der Waals surface area contributed by atoms with Gasteiger partial charge in [0.05, 0.1) is 12.2 Å². The van der Waals surface area contributed by atoms with Crippen molar-refractivity contribution in [2.75, 3.05) is 12.5 Å². The Hall–Kier alpha value is -1.13. The molecule has 0 fully saturated rings. The molecule has 1 aromatic rings. The molecule has 2 heteroatoms. The monoisotopic (exact) mass is 236 g/mol. The molecule has 0 unspecified atom stereocenters. The van der Waals surface area contributed by atoms with E-state index in [0.717, 1.165) is 37.2 Å². The second kappa shape index (κ2) is 8.07. The average Bonchev–Trinajstić information content (AvgIpc) is 2.33. The molecule has 0 amide bonds. The topological polar surface area (TPSA) is 9.23 Å². The zero-order valence-electron chi connectivity index (χ0n) is 9.63. The Labute approximate surface area is 103 Å². The van der Waals surface area contributed by atoms with Crippen molar-refractivity contribution >= 4 is 11.6 Å². The lowest BCUT2D eigenvalue weighted by Gasteiger charge is -2.05. The Balaban J connectivity index is 2.65. The van der Waals surface area contributed by atoms with Gasteiger partial charge in [0.1, 0.15) is 5.75 Å². The van der Waals surface area contributed by atoms with Crippen LogP contribution in [-0.4, -0.2) is 12.5 Å². The highest BCUT2D eigenvalue weighted by molar-refractivity contribution is 6.17. The number of alkyl halides is 1. The van der Waals surface area contributed by atoms with E-state index in [4.69, 9.17) is 16.3 Å². The van der Waals surface area contributed by atoms with Crippen LogP contribution in [0.3, 0.4) is 0 Å². The first-order chi connectivity index (χ1) is 7.88.